The van der Waals surface area contributed by atoms with E-state index in [0.29, 0.717) is 12.8 Å². The number of hydrogen-bond acceptors (Lipinski definition) is 3. The molecule has 1 heterocycles. The van der Waals surface area contributed by atoms with Crippen LogP contribution in [0.3, 0.4) is 0 Å². The third kappa shape index (κ3) is 2.82. The Morgan fingerprint density at radius 2 is 2.29 bits per heavy atom. The molecule has 0 radical (unpaired) electrons. The first kappa shape index (κ1) is 11.2. The van der Waals surface area contributed by atoms with E-state index in [0.717, 1.165) is 5.57 Å². The summed E-state index contributed by atoms with van der Waals surface area (Å²) >= 11 is 0. The summed E-state index contributed by atoms with van der Waals surface area (Å²) in [4.78, 5) is 21.2. The van der Waals surface area contributed by atoms with Crippen LogP contribution in [-0.4, -0.2) is 17.7 Å². The van der Waals surface area contributed by atoms with E-state index in [1.54, 1.807) is 0 Å². The molecule has 1 atom stereocenters. The Morgan fingerprint density at radius 1 is 1.64 bits per heavy atom. The third-order valence-corrected chi connectivity index (χ3v) is 2.36. The van der Waals surface area contributed by atoms with Gasteiger partial charge in [-0.3, -0.25) is 4.79 Å². The van der Waals surface area contributed by atoms with Crippen LogP contribution in [0.5, 0.6) is 0 Å². The predicted molar refractivity (Wildman–Crippen MR) is 52.2 cm³/mol. The van der Waals surface area contributed by atoms with E-state index in [1.165, 1.54) is 0 Å². The summed E-state index contributed by atoms with van der Waals surface area (Å²) in [6.45, 7) is 9.40. The van der Waals surface area contributed by atoms with Crippen LogP contribution in [0, 0.1) is 0 Å². The molecule has 0 aromatic heterocycles. The first-order valence-corrected chi connectivity index (χ1v) is 4.71. The quantitative estimate of drug-likeness (QED) is 0.424. The number of hydrogen-bond donors (Lipinski definition) is 1. The maximum atomic E-state index is 10.8. The van der Waals surface area contributed by atoms with E-state index in [1.807, 2.05) is 20.8 Å². The Labute approximate surface area is 84.2 Å². The van der Waals surface area contributed by atoms with Crippen molar-refractivity contribution in [2.75, 3.05) is 0 Å². The zero-order chi connectivity index (χ0) is 10.8. The van der Waals surface area contributed by atoms with Gasteiger partial charge >= 0.3 is 0 Å². The molecule has 0 aromatic carbocycles. The van der Waals surface area contributed by atoms with E-state index in [9.17, 15) is 4.79 Å². The summed E-state index contributed by atoms with van der Waals surface area (Å²) in [6.07, 6.45) is 0.841. The monoisotopic (exact) mass is 199 g/mol. The van der Waals surface area contributed by atoms with Crippen molar-refractivity contribution in [1.82, 2.24) is 5.32 Å². The first-order valence-electron chi connectivity index (χ1n) is 4.71. The van der Waals surface area contributed by atoms with Crippen LogP contribution >= 0.6 is 0 Å². The maximum Gasteiger partial charge on any atom is 0.222 e. The Balaban J connectivity index is 2.33. The third-order valence-electron chi connectivity index (χ3n) is 2.36. The van der Waals surface area contributed by atoms with Gasteiger partial charge in [-0.15, -0.1) is 0 Å². The average Bonchev–Trinajstić information content (AvgIpc) is 2.48. The van der Waals surface area contributed by atoms with Gasteiger partial charge in [0, 0.05) is 12.8 Å². The van der Waals surface area contributed by atoms with Crippen molar-refractivity contribution in [3.05, 3.63) is 12.2 Å². The van der Waals surface area contributed by atoms with Gasteiger partial charge in [0.2, 0.25) is 5.91 Å². The van der Waals surface area contributed by atoms with Crippen LogP contribution in [0.2, 0.25) is 0 Å². The number of rotatable bonds is 4. The Morgan fingerprint density at radius 3 is 2.71 bits per heavy atom. The summed E-state index contributed by atoms with van der Waals surface area (Å²) in [5, 5.41) is 2.65. The minimum absolute atomic E-state index is 0.00623. The first-order chi connectivity index (χ1) is 6.42. The summed E-state index contributed by atoms with van der Waals surface area (Å²) in [5.74, 6) is 0.00623. The van der Waals surface area contributed by atoms with Crippen molar-refractivity contribution in [1.29, 1.82) is 0 Å². The van der Waals surface area contributed by atoms with E-state index in [-0.39, 0.29) is 12.1 Å². The van der Waals surface area contributed by atoms with Crippen LogP contribution in [0.4, 0.5) is 0 Å². The number of carbonyl (C=O) groups is 1. The van der Waals surface area contributed by atoms with Crippen LogP contribution < -0.4 is 5.32 Å². The molecule has 1 unspecified atom stereocenters. The minimum Gasteiger partial charge on any atom is -0.328 e. The van der Waals surface area contributed by atoms with E-state index >= 15 is 0 Å². The zero-order valence-corrected chi connectivity index (χ0v) is 8.92. The predicted octanol–water partition coefficient (Wildman–Crippen LogP) is 1.53. The maximum absolute atomic E-state index is 10.8. The molecule has 4 nitrogen and oxygen atoms in total. The van der Waals surface area contributed by atoms with Crippen molar-refractivity contribution >= 4 is 5.91 Å². The lowest BCUT2D eigenvalue weighted by atomic mass is 10.0. The molecule has 80 valence electrons. The second kappa shape index (κ2) is 4.11. The van der Waals surface area contributed by atoms with E-state index < -0.39 is 5.60 Å². The normalized spacial score (nSPS) is 22.2. The van der Waals surface area contributed by atoms with Crippen molar-refractivity contribution in [3.8, 4) is 0 Å². The van der Waals surface area contributed by atoms with Gasteiger partial charge in [-0.25, -0.2) is 9.78 Å². The molecular formula is C10H17NO3. The van der Waals surface area contributed by atoms with Gasteiger partial charge in [-0.2, -0.15) is 0 Å². The minimum atomic E-state index is -0.521. The topological polar surface area (TPSA) is 47.6 Å². The molecule has 0 spiro atoms. The summed E-state index contributed by atoms with van der Waals surface area (Å²) in [7, 11) is 0. The standard InChI is InChI=1S/C10H17NO3/c1-7(2)10(3,4)14-13-9-6-5-8(12)11-9/h9H,1,5-6H2,2-4H3,(H,11,12). The van der Waals surface area contributed by atoms with Crippen LogP contribution in [0.1, 0.15) is 33.6 Å². The van der Waals surface area contributed by atoms with Gasteiger partial charge in [-0.1, -0.05) is 6.58 Å². The molecule has 1 fully saturated rings. The fourth-order valence-electron chi connectivity index (χ4n) is 0.908. The lowest BCUT2D eigenvalue weighted by molar-refractivity contribution is -0.369. The average molecular weight is 199 g/mol. The lowest BCUT2D eigenvalue weighted by Gasteiger charge is -2.25. The molecule has 1 aliphatic rings. The Hall–Kier alpha value is -0.870. The molecule has 1 saturated heterocycles. The smallest absolute Gasteiger partial charge is 0.222 e. The summed E-state index contributed by atoms with van der Waals surface area (Å²) in [6, 6.07) is 0. The lowest BCUT2D eigenvalue weighted by Crippen LogP contribution is -2.33. The van der Waals surface area contributed by atoms with Gasteiger partial charge in [0.15, 0.2) is 6.23 Å². The fourth-order valence-corrected chi connectivity index (χ4v) is 0.908. The highest BCUT2D eigenvalue weighted by Gasteiger charge is 2.27. The van der Waals surface area contributed by atoms with Gasteiger partial charge < -0.3 is 5.32 Å². The van der Waals surface area contributed by atoms with Crippen molar-refractivity contribution in [3.63, 3.8) is 0 Å². The fraction of sp³-hybridized carbons (Fsp3) is 0.700. The van der Waals surface area contributed by atoms with Crippen LogP contribution in [0.25, 0.3) is 0 Å². The van der Waals surface area contributed by atoms with Crippen molar-refractivity contribution in [2.24, 2.45) is 0 Å². The molecule has 1 aliphatic heterocycles. The molecule has 14 heavy (non-hydrogen) atoms. The van der Waals surface area contributed by atoms with Gasteiger partial charge in [0.1, 0.15) is 5.60 Å². The highest BCUT2D eigenvalue weighted by Crippen LogP contribution is 2.20. The van der Waals surface area contributed by atoms with E-state index in [2.05, 4.69) is 11.9 Å². The van der Waals surface area contributed by atoms with Crippen LogP contribution in [-0.2, 0) is 14.6 Å². The molecule has 0 aromatic rings. The Kier molecular flexibility index (Phi) is 3.29. The molecule has 4 heteroatoms. The zero-order valence-electron chi connectivity index (χ0n) is 8.92. The largest absolute Gasteiger partial charge is 0.328 e. The molecule has 1 amide bonds. The second-order valence-corrected chi connectivity index (χ2v) is 4.07. The summed E-state index contributed by atoms with van der Waals surface area (Å²) in [5.41, 5.74) is 0.356. The number of amides is 1. The number of nitrogens with one attached hydrogen (secondary N) is 1. The van der Waals surface area contributed by atoms with Crippen molar-refractivity contribution in [2.45, 2.75) is 45.4 Å². The molecule has 0 saturated carbocycles. The van der Waals surface area contributed by atoms with E-state index in [4.69, 9.17) is 9.78 Å². The Bertz CT molecular complexity index is 248. The molecule has 0 aliphatic carbocycles. The number of carbonyl (C=O) groups excluding carboxylic acids is 1. The van der Waals surface area contributed by atoms with Gasteiger partial charge in [-0.05, 0) is 26.3 Å². The SMILES string of the molecule is C=C(C)C(C)(C)OOC1CCC(=O)N1. The van der Waals surface area contributed by atoms with Crippen molar-refractivity contribution < 1.29 is 14.6 Å². The molecule has 1 rings (SSSR count). The van der Waals surface area contributed by atoms with Gasteiger partial charge in [0.25, 0.3) is 0 Å². The van der Waals surface area contributed by atoms with Crippen LogP contribution in [0.15, 0.2) is 12.2 Å². The highest BCUT2D eigenvalue weighted by molar-refractivity contribution is 5.78. The molecule has 1 N–H and O–H groups in total. The second-order valence-electron chi connectivity index (χ2n) is 4.07. The highest BCUT2D eigenvalue weighted by atomic mass is 17.2. The molecular weight excluding hydrogens is 182 g/mol. The van der Waals surface area contributed by atoms with Gasteiger partial charge in [0.05, 0.1) is 0 Å². The summed E-state index contributed by atoms with van der Waals surface area (Å²) < 4.78 is 0. The molecule has 0 bridgehead atoms.